The Morgan fingerprint density at radius 1 is 1.06 bits per heavy atom. The fourth-order valence-electron chi connectivity index (χ4n) is 1.13. The zero-order valence-electron chi connectivity index (χ0n) is 8.03. The Morgan fingerprint density at radius 3 is 2.06 bits per heavy atom. The van der Waals surface area contributed by atoms with Crippen molar-refractivity contribution in [1.82, 2.24) is 0 Å². The third-order valence-electron chi connectivity index (χ3n) is 2.09. The molecule has 0 aliphatic heterocycles. The highest BCUT2D eigenvalue weighted by Crippen LogP contribution is 2.45. The fraction of sp³-hybridized carbons (Fsp3) is 0.333. The minimum atomic E-state index is -5.75. The van der Waals surface area contributed by atoms with Gasteiger partial charge in [-0.3, -0.25) is 0 Å². The Balaban J connectivity index is 3.22. The van der Waals surface area contributed by atoms with Crippen molar-refractivity contribution in [2.45, 2.75) is 18.1 Å². The molecule has 1 atom stereocenters. The minimum Gasteiger partial charge on any atom is -0.319 e. The predicted molar refractivity (Wildman–Crippen MR) is 54.4 cm³/mol. The maximum absolute atomic E-state index is 13.0. The van der Waals surface area contributed by atoms with E-state index in [-0.39, 0.29) is 5.02 Å². The van der Waals surface area contributed by atoms with Crippen LogP contribution in [0.1, 0.15) is 11.6 Å². The Bertz CT molecular complexity index is 418. The Labute approximate surface area is 103 Å². The normalized spacial score (nSPS) is 14.8. The highest BCUT2D eigenvalue weighted by molar-refractivity contribution is 6.42. The summed E-state index contributed by atoms with van der Waals surface area (Å²) in [5.41, 5.74) is 4.36. The van der Waals surface area contributed by atoms with Crippen molar-refractivity contribution in [3.8, 4) is 0 Å². The molecule has 0 aliphatic rings. The number of benzene rings is 1. The van der Waals surface area contributed by atoms with Crippen LogP contribution in [0.25, 0.3) is 0 Å². The zero-order chi connectivity index (χ0) is 13.4. The van der Waals surface area contributed by atoms with Gasteiger partial charge in [0, 0.05) is 0 Å². The maximum Gasteiger partial charge on any atom is 0.455 e. The van der Waals surface area contributed by atoms with E-state index in [2.05, 4.69) is 0 Å². The largest absolute Gasteiger partial charge is 0.455 e. The van der Waals surface area contributed by atoms with Crippen LogP contribution in [0.5, 0.6) is 0 Å². The second-order valence-corrected chi connectivity index (χ2v) is 4.03. The van der Waals surface area contributed by atoms with Gasteiger partial charge in [-0.1, -0.05) is 35.3 Å². The second-order valence-electron chi connectivity index (χ2n) is 3.24. The standard InChI is InChI=1S/C9H6Cl2F5N/c10-5-3-1-2-4(6(5)11)7(17)8(12,13)9(14,15)16/h1-3,7H,17H2/t7-/m0/s1. The average molecular weight is 294 g/mol. The molecule has 0 aliphatic carbocycles. The molecule has 0 spiro atoms. The number of nitrogens with two attached hydrogens (primary N) is 1. The summed E-state index contributed by atoms with van der Waals surface area (Å²) in [5.74, 6) is -5.08. The molecule has 17 heavy (non-hydrogen) atoms. The lowest BCUT2D eigenvalue weighted by molar-refractivity contribution is -0.290. The smallest absolute Gasteiger partial charge is 0.319 e. The van der Waals surface area contributed by atoms with Crippen LogP contribution in [0, 0.1) is 0 Å². The number of hydrogen-bond acceptors (Lipinski definition) is 1. The van der Waals surface area contributed by atoms with Crippen molar-refractivity contribution in [1.29, 1.82) is 0 Å². The van der Waals surface area contributed by atoms with Crippen LogP contribution < -0.4 is 5.73 Å². The molecule has 2 N–H and O–H groups in total. The molecule has 0 saturated heterocycles. The van der Waals surface area contributed by atoms with Crippen LogP contribution in [0.3, 0.4) is 0 Å². The molecule has 0 radical (unpaired) electrons. The van der Waals surface area contributed by atoms with E-state index < -0.39 is 28.7 Å². The highest BCUT2D eigenvalue weighted by Gasteiger charge is 2.62. The van der Waals surface area contributed by atoms with E-state index in [4.69, 9.17) is 28.9 Å². The first-order valence-corrected chi connectivity index (χ1v) is 4.98. The molecule has 1 rings (SSSR count). The van der Waals surface area contributed by atoms with Gasteiger partial charge in [0.25, 0.3) is 0 Å². The van der Waals surface area contributed by atoms with Crippen LogP contribution >= 0.6 is 23.2 Å². The molecule has 0 aromatic heterocycles. The molecule has 1 nitrogen and oxygen atoms in total. The second kappa shape index (κ2) is 4.59. The maximum atomic E-state index is 13.0. The third kappa shape index (κ3) is 2.64. The molecule has 0 amide bonds. The van der Waals surface area contributed by atoms with Crippen LogP contribution in [-0.2, 0) is 0 Å². The van der Waals surface area contributed by atoms with Crippen molar-refractivity contribution >= 4 is 23.2 Å². The lowest BCUT2D eigenvalue weighted by atomic mass is 10.0. The fourth-order valence-corrected chi connectivity index (χ4v) is 1.56. The number of hydrogen-bond donors (Lipinski definition) is 1. The molecule has 0 unspecified atom stereocenters. The Morgan fingerprint density at radius 2 is 1.59 bits per heavy atom. The Hall–Kier alpha value is -0.590. The van der Waals surface area contributed by atoms with Crippen LogP contribution in [0.2, 0.25) is 10.0 Å². The van der Waals surface area contributed by atoms with E-state index in [9.17, 15) is 22.0 Å². The van der Waals surface area contributed by atoms with E-state index in [1.165, 1.54) is 12.1 Å². The molecular weight excluding hydrogens is 288 g/mol. The molecule has 1 aromatic rings. The van der Waals surface area contributed by atoms with Gasteiger partial charge < -0.3 is 5.73 Å². The van der Waals surface area contributed by atoms with Crippen molar-refractivity contribution in [3.63, 3.8) is 0 Å². The third-order valence-corrected chi connectivity index (χ3v) is 2.92. The summed E-state index contributed by atoms with van der Waals surface area (Å²) in [4.78, 5) is 0. The van der Waals surface area contributed by atoms with Gasteiger partial charge in [0.2, 0.25) is 0 Å². The topological polar surface area (TPSA) is 26.0 Å². The first-order valence-electron chi connectivity index (χ1n) is 4.23. The van der Waals surface area contributed by atoms with E-state index in [0.29, 0.717) is 0 Å². The van der Waals surface area contributed by atoms with Gasteiger partial charge in [0.15, 0.2) is 0 Å². The van der Waals surface area contributed by atoms with Gasteiger partial charge >= 0.3 is 12.1 Å². The van der Waals surface area contributed by atoms with Gasteiger partial charge in [0.05, 0.1) is 10.0 Å². The number of rotatable bonds is 2. The SMILES string of the molecule is N[C@@H](c1cccc(Cl)c1Cl)C(F)(F)C(F)(F)F. The summed E-state index contributed by atoms with van der Waals surface area (Å²) in [5, 5.41) is -0.553. The lowest BCUT2D eigenvalue weighted by Crippen LogP contribution is -2.45. The van der Waals surface area contributed by atoms with Crippen molar-refractivity contribution in [3.05, 3.63) is 33.8 Å². The summed E-state index contributed by atoms with van der Waals surface area (Å²) < 4.78 is 62.2. The first-order chi connectivity index (χ1) is 7.59. The lowest BCUT2D eigenvalue weighted by Gasteiger charge is -2.26. The van der Waals surface area contributed by atoms with Gasteiger partial charge in [-0.25, -0.2) is 0 Å². The summed E-state index contributed by atoms with van der Waals surface area (Å²) in [7, 11) is 0. The minimum absolute atomic E-state index is 0.141. The highest BCUT2D eigenvalue weighted by atomic mass is 35.5. The predicted octanol–water partition coefficient (Wildman–Crippen LogP) is 4.19. The molecule has 0 saturated carbocycles. The number of halogens is 7. The molecule has 96 valence electrons. The van der Waals surface area contributed by atoms with E-state index in [0.717, 1.165) is 6.07 Å². The average Bonchev–Trinajstić information content (AvgIpc) is 2.19. The van der Waals surface area contributed by atoms with Crippen molar-refractivity contribution < 1.29 is 22.0 Å². The van der Waals surface area contributed by atoms with E-state index in [1.807, 2.05) is 0 Å². The zero-order valence-corrected chi connectivity index (χ0v) is 9.54. The van der Waals surface area contributed by atoms with Gasteiger partial charge in [0.1, 0.15) is 6.04 Å². The summed E-state index contributed by atoms with van der Waals surface area (Å²) in [6.07, 6.45) is -5.75. The Kier molecular flexibility index (Phi) is 3.91. The molecule has 0 fully saturated rings. The first kappa shape index (κ1) is 14.5. The molecule has 0 heterocycles. The molecule has 0 bridgehead atoms. The summed E-state index contributed by atoms with van der Waals surface area (Å²) in [6.45, 7) is 0. The van der Waals surface area contributed by atoms with Crippen LogP contribution in [-0.4, -0.2) is 12.1 Å². The van der Waals surface area contributed by atoms with Gasteiger partial charge in [-0.15, -0.1) is 0 Å². The van der Waals surface area contributed by atoms with Crippen molar-refractivity contribution in [2.75, 3.05) is 0 Å². The van der Waals surface area contributed by atoms with Crippen LogP contribution in [0.15, 0.2) is 18.2 Å². The molecule has 1 aromatic carbocycles. The molecule has 8 heteroatoms. The van der Waals surface area contributed by atoms with Gasteiger partial charge in [-0.05, 0) is 11.6 Å². The quantitative estimate of drug-likeness (QED) is 0.813. The summed E-state index contributed by atoms with van der Waals surface area (Å²) in [6, 6.07) is 0.814. The monoisotopic (exact) mass is 293 g/mol. The van der Waals surface area contributed by atoms with E-state index in [1.54, 1.807) is 0 Å². The van der Waals surface area contributed by atoms with E-state index >= 15 is 0 Å². The number of alkyl halides is 5. The summed E-state index contributed by atoms with van der Waals surface area (Å²) >= 11 is 11.0. The van der Waals surface area contributed by atoms with Gasteiger partial charge in [-0.2, -0.15) is 22.0 Å². The van der Waals surface area contributed by atoms with Crippen molar-refractivity contribution in [2.24, 2.45) is 5.73 Å². The molecular formula is C9H6Cl2F5N. The van der Waals surface area contributed by atoms with Crippen LogP contribution in [0.4, 0.5) is 22.0 Å².